The van der Waals surface area contributed by atoms with Crippen LogP contribution in [0.4, 0.5) is 5.69 Å². The van der Waals surface area contributed by atoms with Crippen molar-refractivity contribution in [2.24, 2.45) is 7.05 Å². The number of hydrogen-bond donors (Lipinski definition) is 1. The smallest absolute Gasteiger partial charge is 0.128 e. The first kappa shape index (κ1) is 14.1. The van der Waals surface area contributed by atoms with Crippen molar-refractivity contribution in [1.29, 1.82) is 0 Å². The van der Waals surface area contributed by atoms with Crippen molar-refractivity contribution < 1.29 is 0 Å². The van der Waals surface area contributed by atoms with E-state index in [1.807, 2.05) is 18.2 Å². The predicted octanol–water partition coefficient (Wildman–Crippen LogP) is 4.56. The van der Waals surface area contributed by atoms with Crippen molar-refractivity contribution in [1.82, 2.24) is 9.55 Å². The van der Waals surface area contributed by atoms with E-state index in [4.69, 9.17) is 0 Å². The van der Waals surface area contributed by atoms with Crippen LogP contribution in [0.15, 0.2) is 40.9 Å². The van der Waals surface area contributed by atoms with Crippen molar-refractivity contribution in [3.05, 3.63) is 57.8 Å². The summed E-state index contributed by atoms with van der Waals surface area (Å²) >= 11 is 3.63. The maximum Gasteiger partial charge on any atom is 0.128 e. The molecular formula is C17H18BrN3. The molecule has 0 aliphatic carbocycles. The lowest BCUT2D eigenvalue weighted by Gasteiger charge is -2.12. The largest absolute Gasteiger partial charge is 0.377 e. The zero-order chi connectivity index (χ0) is 15.0. The molecule has 4 heteroatoms. The van der Waals surface area contributed by atoms with Crippen LogP contribution in [0, 0.1) is 13.8 Å². The van der Waals surface area contributed by atoms with Gasteiger partial charge in [-0.3, -0.25) is 0 Å². The fraction of sp³-hybridized carbons (Fsp3) is 0.235. The second-order valence-corrected chi connectivity index (χ2v) is 6.22. The quantitative estimate of drug-likeness (QED) is 0.755. The third-order valence-corrected chi connectivity index (χ3v) is 4.36. The van der Waals surface area contributed by atoms with Crippen LogP contribution in [0.25, 0.3) is 11.0 Å². The fourth-order valence-corrected chi connectivity index (χ4v) is 3.47. The summed E-state index contributed by atoms with van der Waals surface area (Å²) in [7, 11) is 2.06. The first-order chi connectivity index (χ1) is 10.1. The number of nitrogens with one attached hydrogen (secondary N) is 1. The number of benzene rings is 2. The van der Waals surface area contributed by atoms with Crippen molar-refractivity contribution in [3.63, 3.8) is 0 Å². The van der Waals surface area contributed by atoms with E-state index >= 15 is 0 Å². The fourth-order valence-electron chi connectivity index (χ4n) is 2.66. The Hall–Kier alpha value is -1.81. The number of aromatic nitrogens is 2. The lowest BCUT2D eigenvalue weighted by Crippen LogP contribution is -2.07. The molecule has 0 bridgehead atoms. The van der Waals surface area contributed by atoms with Gasteiger partial charge in [-0.05, 0) is 59.1 Å². The molecule has 0 saturated heterocycles. The van der Waals surface area contributed by atoms with E-state index in [0.29, 0.717) is 6.54 Å². The molecule has 0 spiro atoms. The van der Waals surface area contributed by atoms with E-state index in [2.05, 4.69) is 69.9 Å². The number of rotatable bonds is 3. The highest BCUT2D eigenvalue weighted by Crippen LogP contribution is 2.28. The normalized spacial score (nSPS) is 11.0. The van der Waals surface area contributed by atoms with Gasteiger partial charge in [-0.15, -0.1) is 0 Å². The van der Waals surface area contributed by atoms with Crippen LogP contribution >= 0.6 is 15.9 Å². The number of para-hydroxylation sites is 2. The minimum atomic E-state index is 0.702. The molecule has 0 aliphatic heterocycles. The number of anilines is 1. The highest BCUT2D eigenvalue weighted by atomic mass is 79.9. The second-order valence-electron chi connectivity index (χ2n) is 5.37. The average molecular weight is 344 g/mol. The Morgan fingerprint density at radius 2 is 1.95 bits per heavy atom. The van der Waals surface area contributed by atoms with Crippen molar-refractivity contribution in [3.8, 4) is 0 Å². The molecule has 21 heavy (non-hydrogen) atoms. The second kappa shape index (κ2) is 5.53. The van der Waals surface area contributed by atoms with Crippen LogP contribution in [0.5, 0.6) is 0 Å². The third kappa shape index (κ3) is 2.68. The molecule has 0 radical (unpaired) electrons. The summed E-state index contributed by atoms with van der Waals surface area (Å²) in [6.07, 6.45) is 0. The molecule has 3 aromatic rings. The monoisotopic (exact) mass is 343 g/mol. The maximum absolute atomic E-state index is 4.69. The Balaban J connectivity index is 1.89. The van der Waals surface area contributed by atoms with Gasteiger partial charge in [0.25, 0.3) is 0 Å². The summed E-state index contributed by atoms with van der Waals surface area (Å²) in [5.74, 6) is 1.03. The summed E-state index contributed by atoms with van der Waals surface area (Å²) in [6.45, 7) is 4.93. The average Bonchev–Trinajstić information content (AvgIpc) is 2.75. The van der Waals surface area contributed by atoms with Crippen LogP contribution < -0.4 is 5.32 Å². The maximum atomic E-state index is 4.69. The first-order valence-corrected chi connectivity index (χ1v) is 7.76. The molecular weight excluding hydrogens is 326 g/mol. The standard InChI is InChI=1S/C17H18BrN3/c1-11-8-12(2)17(13(18)9-11)19-10-16-20-14-6-4-5-7-15(14)21(16)3/h4-9,19H,10H2,1-3H3. The van der Waals surface area contributed by atoms with Gasteiger partial charge in [0.2, 0.25) is 0 Å². The van der Waals surface area contributed by atoms with Gasteiger partial charge in [-0.1, -0.05) is 18.2 Å². The zero-order valence-electron chi connectivity index (χ0n) is 12.4. The van der Waals surface area contributed by atoms with Crippen molar-refractivity contribution in [2.75, 3.05) is 5.32 Å². The molecule has 0 aliphatic rings. The van der Waals surface area contributed by atoms with Gasteiger partial charge in [0.15, 0.2) is 0 Å². The molecule has 0 amide bonds. The Morgan fingerprint density at radius 3 is 2.67 bits per heavy atom. The van der Waals surface area contributed by atoms with E-state index in [9.17, 15) is 0 Å². The minimum Gasteiger partial charge on any atom is -0.377 e. The van der Waals surface area contributed by atoms with Gasteiger partial charge in [0, 0.05) is 11.5 Å². The molecule has 1 N–H and O–H groups in total. The summed E-state index contributed by atoms with van der Waals surface area (Å²) < 4.78 is 3.23. The molecule has 0 fully saturated rings. The topological polar surface area (TPSA) is 29.9 Å². The molecule has 0 atom stereocenters. The minimum absolute atomic E-state index is 0.702. The van der Waals surface area contributed by atoms with Crippen LogP contribution in [0.3, 0.4) is 0 Å². The number of aryl methyl sites for hydroxylation is 3. The highest BCUT2D eigenvalue weighted by Gasteiger charge is 2.09. The zero-order valence-corrected chi connectivity index (χ0v) is 14.0. The van der Waals surface area contributed by atoms with E-state index in [0.717, 1.165) is 27.0 Å². The number of imidazole rings is 1. The Morgan fingerprint density at radius 1 is 1.19 bits per heavy atom. The molecule has 3 nitrogen and oxygen atoms in total. The van der Waals surface area contributed by atoms with E-state index < -0.39 is 0 Å². The Kier molecular flexibility index (Phi) is 3.72. The summed E-state index contributed by atoms with van der Waals surface area (Å²) in [4.78, 5) is 4.69. The van der Waals surface area contributed by atoms with Crippen molar-refractivity contribution >= 4 is 32.7 Å². The Labute approximate surface area is 133 Å². The SMILES string of the molecule is Cc1cc(C)c(NCc2nc3ccccc3n2C)c(Br)c1. The van der Waals surface area contributed by atoms with Gasteiger partial charge >= 0.3 is 0 Å². The van der Waals surface area contributed by atoms with Crippen LogP contribution in [0.1, 0.15) is 17.0 Å². The molecule has 1 aromatic heterocycles. The molecule has 0 unspecified atom stereocenters. The van der Waals surface area contributed by atoms with E-state index in [1.165, 1.54) is 11.1 Å². The Bertz CT molecular complexity index is 782. The van der Waals surface area contributed by atoms with Gasteiger partial charge < -0.3 is 9.88 Å². The highest BCUT2D eigenvalue weighted by molar-refractivity contribution is 9.10. The lowest BCUT2D eigenvalue weighted by molar-refractivity contribution is 0.834. The number of fused-ring (bicyclic) bond motifs is 1. The number of halogens is 1. The third-order valence-electron chi connectivity index (χ3n) is 3.73. The van der Waals surface area contributed by atoms with E-state index in [1.54, 1.807) is 0 Å². The number of hydrogen-bond acceptors (Lipinski definition) is 2. The summed E-state index contributed by atoms with van der Waals surface area (Å²) in [5, 5.41) is 3.50. The van der Waals surface area contributed by atoms with Crippen LogP contribution in [0.2, 0.25) is 0 Å². The van der Waals surface area contributed by atoms with Crippen LogP contribution in [-0.2, 0) is 13.6 Å². The van der Waals surface area contributed by atoms with Crippen LogP contribution in [-0.4, -0.2) is 9.55 Å². The predicted molar refractivity (Wildman–Crippen MR) is 91.7 cm³/mol. The first-order valence-electron chi connectivity index (χ1n) is 6.97. The molecule has 2 aromatic carbocycles. The van der Waals surface area contributed by atoms with Gasteiger partial charge in [0.05, 0.1) is 23.3 Å². The van der Waals surface area contributed by atoms with Gasteiger partial charge in [-0.25, -0.2) is 4.98 Å². The van der Waals surface area contributed by atoms with Gasteiger partial charge in [0.1, 0.15) is 5.82 Å². The van der Waals surface area contributed by atoms with Gasteiger partial charge in [-0.2, -0.15) is 0 Å². The molecule has 108 valence electrons. The number of nitrogens with zero attached hydrogens (tertiary/aromatic N) is 2. The molecule has 0 saturated carbocycles. The molecule has 3 rings (SSSR count). The van der Waals surface area contributed by atoms with E-state index in [-0.39, 0.29) is 0 Å². The lowest BCUT2D eigenvalue weighted by atomic mass is 10.1. The van der Waals surface area contributed by atoms with Crippen molar-refractivity contribution in [2.45, 2.75) is 20.4 Å². The summed E-state index contributed by atoms with van der Waals surface area (Å²) in [6, 6.07) is 12.5. The summed E-state index contributed by atoms with van der Waals surface area (Å²) in [5.41, 5.74) is 5.83. The molecule has 1 heterocycles.